The van der Waals surface area contributed by atoms with E-state index in [9.17, 15) is 0 Å². The first-order valence-corrected chi connectivity index (χ1v) is 14.2. The van der Waals surface area contributed by atoms with Crippen molar-refractivity contribution in [3.05, 3.63) is 137 Å². The van der Waals surface area contributed by atoms with E-state index in [0.717, 1.165) is 6.42 Å². The van der Waals surface area contributed by atoms with Crippen LogP contribution in [0, 0.1) is 0 Å². The second kappa shape index (κ2) is 8.45. The van der Waals surface area contributed by atoms with E-state index in [-0.39, 0.29) is 10.8 Å². The molecule has 5 aromatic rings. The zero-order chi connectivity index (χ0) is 26.9. The predicted molar refractivity (Wildman–Crippen MR) is 166 cm³/mol. The van der Waals surface area contributed by atoms with E-state index >= 15 is 0 Å². The van der Waals surface area contributed by atoms with Crippen LogP contribution in [0.2, 0.25) is 0 Å². The SMILES string of the molecule is CCc1ccc(N(c2ccc3c(c2)-c2ccccc2C3(C)C)c2ccc3c(c2)C(C)(C)c2ccccc2-3)cc1. The molecule has 0 heterocycles. The summed E-state index contributed by atoms with van der Waals surface area (Å²) < 4.78 is 0. The second-order valence-corrected chi connectivity index (χ2v) is 12.2. The van der Waals surface area contributed by atoms with Gasteiger partial charge in [-0.05, 0) is 92.9 Å². The maximum atomic E-state index is 2.44. The predicted octanol–water partition coefficient (Wildman–Crippen LogP) is 10.3. The molecule has 192 valence electrons. The number of hydrogen-bond acceptors (Lipinski definition) is 1. The average Bonchev–Trinajstić information content (AvgIpc) is 3.33. The smallest absolute Gasteiger partial charge is 0.0468 e. The summed E-state index contributed by atoms with van der Waals surface area (Å²) in [7, 11) is 0. The number of hydrogen-bond donors (Lipinski definition) is 0. The molecular weight excluding hydrogens is 470 g/mol. The van der Waals surface area contributed by atoms with Gasteiger partial charge >= 0.3 is 0 Å². The standard InChI is InChI=1S/C38H35N/c1-6-25-15-17-26(18-16-25)39(27-20-22-35-32(23-27)30-12-8-10-14-34(30)37(35,2)3)28-19-21-31-29-11-7-9-13-33(29)38(4,5)36(31)24-28/h7-24H,6H2,1-5H3. The van der Waals surface area contributed by atoms with Gasteiger partial charge in [-0.1, -0.05) is 107 Å². The Morgan fingerprint density at radius 3 is 1.62 bits per heavy atom. The summed E-state index contributed by atoms with van der Waals surface area (Å²) in [5, 5.41) is 0. The van der Waals surface area contributed by atoms with Gasteiger partial charge in [-0.15, -0.1) is 0 Å². The van der Waals surface area contributed by atoms with Crippen molar-refractivity contribution in [2.24, 2.45) is 0 Å². The van der Waals surface area contributed by atoms with Gasteiger partial charge in [0.15, 0.2) is 0 Å². The van der Waals surface area contributed by atoms with Crippen molar-refractivity contribution in [3.8, 4) is 22.3 Å². The zero-order valence-corrected chi connectivity index (χ0v) is 23.5. The van der Waals surface area contributed by atoms with Crippen LogP contribution in [0.4, 0.5) is 17.1 Å². The molecule has 1 heteroatoms. The third-order valence-electron chi connectivity index (χ3n) is 9.25. The van der Waals surface area contributed by atoms with Crippen molar-refractivity contribution in [3.63, 3.8) is 0 Å². The zero-order valence-electron chi connectivity index (χ0n) is 23.5. The maximum absolute atomic E-state index is 2.44. The van der Waals surface area contributed by atoms with E-state index in [1.54, 1.807) is 0 Å². The Labute approximate surface area is 232 Å². The lowest BCUT2D eigenvalue weighted by atomic mass is 9.82. The monoisotopic (exact) mass is 505 g/mol. The summed E-state index contributed by atoms with van der Waals surface area (Å²) in [6, 6.07) is 41.0. The third-order valence-corrected chi connectivity index (χ3v) is 9.25. The fourth-order valence-corrected chi connectivity index (χ4v) is 7.01. The first kappa shape index (κ1) is 24.0. The van der Waals surface area contributed by atoms with Crippen molar-refractivity contribution in [1.82, 2.24) is 0 Å². The van der Waals surface area contributed by atoms with Gasteiger partial charge in [0.2, 0.25) is 0 Å². The van der Waals surface area contributed by atoms with Gasteiger partial charge in [-0.2, -0.15) is 0 Å². The molecule has 39 heavy (non-hydrogen) atoms. The van der Waals surface area contributed by atoms with Crippen LogP contribution in [0.15, 0.2) is 109 Å². The number of aryl methyl sites for hydroxylation is 1. The molecule has 2 aliphatic carbocycles. The van der Waals surface area contributed by atoms with Crippen LogP contribution in [-0.2, 0) is 17.3 Å². The van der Waals surface area contributed by atoms with Crippen LogP contribution in [0.3, 0.4) is 0 Å². The van der Waals surface area contributed by atoms with Gasteiger partial charge < -0.3 is 4.90 Å². The Kier molecular flexibility index (Phi) is 5.19. The van der Waals surface area contributed by atoms with E-state index in [1.165, 1.54) is 67.1 Å². The van der Waals surface area contributed by atoms with E-state index in [1.807, 2.05) is 0 Å². The highest BCUT2D eigenvalue weighted by Gasteiger charge is 2.37. The molecule has 0 amide bonds. The summed E-state index contributed by atoms with van der Waals surface area (Å²) >= 11 is 0. The topological polar surface area (TPSA) is 3.24 Å². The van der Waals surface area contributed by atoms with Gasteiger partial charge in [-0.3, -0.25) is 0 Å². The van der Waals surface area contributed by atoms with Crippen molar-refractivity contribution in [2.75, 3.05) is 4.90 Å². The number of fused-ring (bicyclic) bond motifs is 6. The van der Waals surface area contributed by atoms with Crippen LogP contribution >= 0.6 is 0 Å². The molecule has 0 N–H and O–H groups in total. The highest BCUT2D eigenvalue weighted by atomic mass is 15.1. The molecule has 0 spiro atoms. The van der Waals surface area contributed by atoms with Crippen LogP contribution in [0.5, 0.6) is 0 Å². The van der Waals surface area contributed by atoms with Crippen molar-refractivity contribution < 1.29 is 0 Å². The Hall–Kier alpha value is -4.10. The van der Waals surface area contributed by atoms with Crippen LogP contribution < -0.4 is 4.90 Å². The summed E-state index contributed by atoms with van der Waals surface area (Å²) in [5.41, 5.74) is 15.9. The average molecular weight is 506 g/mol. The first-order chi connectivity index (χ1) is 18.8. The minimum absolute atomic E-state index is 0.00142. The fraction of sp³-hybridized carbons (Fsp3) is 0.211. The van der Waals surface area contributed by atoms with E-state index in [0.29, 0.717) is 0 Å². The molecule has 0 radical (unpaired) electrons. The lowest BCUT2D eigenvalue weighted by Gasteiger charge is -2.29. The minimum Gasteiger partial charge on any atom is -0.310 e. The van der Waals surface area contributed by atoms with E-state index in [4.69, 9.17) is 0 Å². The molecule has 0 unspecified atom stereocenters. The highest BCUT2D eigenvalue weighted by molar-refractivity contribution is 5.88. The van der Waals surface area contributed by atoms with Gasteiger partial charge in [0.05, 0.1) is 0 Å². The molecule has 0 saturated carbocycles. The molecule has 7 rings (SSSR count). The van der Waals surface area contributed by atoms with Gasteiger partial charge in [0.1, 0.15) is 0 Å². The Morgan fingerprint density at radius 1 is 0.462 bits per heavy atom. The first-order valence-electron chi connectivity index (χ1n) is 14.2. The molecule has 0 bridgehead atoms. The summed E-state index contributed by atoms with van der Waals surface area (Å²) in [4.78, 5) is 2.44. The fourth-order valence-electron chi connectivity index (χ4n) is 7.01. The molecule has 0 atom stereocenters. The van der Waals surface area contributed by atoms with Crippen LogP contribution in [-0.4, -0.2) is 0 Å². The van der Waals surface area contributed by atoms with Crippen molar-refractivity contribution in [1.29, 1.82) is 0 Å². The number of nitrogens with zero attached hydrogens (tertiary/aromatic N) is 1. The Balaban J connectivity index is 1.42. The van der Waals surface area contributed by atoms with E-state index < -0.39 is 0 Å². The maximum Gasteiger partial charge on any atom is 0.0468 e. The molecule has 2 aliphatic rings. The Bertz CT molecular complexity index is 1740. The lowest BCUT2D eigenvalue weighted by Crippen LogP contribution is -2.17. The number of benzene rings is 5. The number of rotatable bonds is 4. The van der Waals surface area contributed by atoms with Gasteiger partial charge in [0.25, 0.3) is 0 Å². The second-order valence-electron chi connectivity index (χ2n) is 12.2. The Morgan fingerprint density at radius 2 is 0.949 bits per heavy atom. The lowest BCUT2D eigenvalue weighted by molar-refractivity contribution is 0.660. The van der Waals surface area contributed by atoms with Crippen LogP contribution in [0.1, 0.15) is 62.4 Å². The van der Waals surface area contributed by atoms with Crippen molar-refractivity contribution >= 4 is 17.1 Å². The molecule has 0 aliphatic heterocycles. The number of anilines is 3. The molecule has 0 aromatic heterocycles. The third kappa shape index (κ3) is 3.46. The normalized spacial score (nSPS) is 15.3. The van der Waals surface area contributed by atoms with Crippen molar-refractivity contribution in [2.45, 2.75) is 51.9 Å². The molecule has 1 nitrogen and oxygen atoms in total. The highest BCUT2D eigenvalue weighted by Crippen LogP contribution is 2.52. The quantitative estimate of drug-likeness (QED) is 0.235. The molecule has 0 fully saturated rings. The summed E-state index contributed by atoms with van der Waals surface area (Å²) in [5.74, 6) is 0. The van der Waals surface area contributed by atoms with Gasteiger partial charge in [0, 0.05) is 27.9 Å². The van der Waals surface area contributed by atoms with Crippen LogP contribution in [0.25, 0.3) is 22.3 Å². The molecule has 5 aromatic carbocycles. The largest absolute Gasteiger partial charge is 0.310 e. The van der Waals surface area contributed by atoms with E-state index in [2.05, 4.69) is 149 Å². The molecular formula is C38H35N. The minimum atomic E-state index is -0.0411. The summed E-state index contributed by atoms with van der Waals surface area (Å²) in [6.45, 7) is 11.6. The molecule has 0 saturated heterocycles. The summed E-state index contributed by atoms with van der Waals surface area (Å²) in [6.07, 6.45) is 1.04. The van der Waals surface area contributed by atoms with Gasteiger partial charge in [-0.25, -0.2) is 0 Å².